The Morgan fingerprint density at radius 3 is 2.32 bits per heavy atom. The average molecular weight is 329 g/mol. The van der Waals surface area contributed by atoms with Crippen molar-refractivity contribution in [3.63, 3.8) is 0 Å². The van der Waals surface area contributed by atoms with Crippen LogP contribution in [0.2, 0.25) is 0 Å². The molecule has 124 valence electrons. The fourth-order valence-electron chi connectivity index (χ4n) is 3.26. The number of aromatic amines is 1. The Kier molecular flexibility index (Phi) is 3.73. The maximum Gasteiger partial charge on any atom is 0.260 e. The standard InChI is InChI=1S/C21H19N3O/c1-14-13-24(15(2)16-9-5-3-6-10-16)20-18(14)21(25)23-19(22-20)17-11-7-4-8-12-17/h3-13,15H,1-2H3,(H,22,23,25). The topological polar surface area (TPSA) is 50.7 Å². The van der Waals surface area contributed by atoms with E-state index in [0.717, 1.165) is 16.8 Å². The summed E-state index contributed by atoms with van der Waals surface area (Å²) in [5, 5.41) is 0.655. The van der Waals surface area contributed by atoms with Gasteiger partial charge in [-0.25, -0.2) is 4.98 Å². The summed E-state index contributed by atoms with van der Waals surface area (Å²) in [7, 11) is 0. The zero-order valence-electron chi connectivity index (χ0n) is 14.2. The molecule has 0 saturated carbocycles. The van der Waals surface area contributed by atoms with Gasteiger partial charge in [-0.3, -0.25) is 4.79 Å². The molecule has 2 heterocycles. The van der Waals surface area contributed by atoms with Crippen molar-refractivity contribution < 1.29 is 0 Å². The van der Waals surface area contributed by atoms with Crippen LogP contribution in [0.5, 0.6) is 0 Å². The molecular weight excluding hydrogens is 310 g/mol. The predicted octanol–water partition coefficient (Wildman–Crippen LogP) is 4.31. The number of fused-ring (bicyclic) bond motifs is 1. The maximum absolute atomic E-state index is 12.7. The Morgan fingerprint density at radius 1 is 1.00 bits per heavy atom. The molecule has 4 nitrogen and oxygen atoms in total. The first-order valence-corrected chi connectivity index (χ1v) is 8.37. The van der Waals surface area contributed by atoms with Crippen molar-refractivity contribution in [1.29, 1.82) is 0 Å². The van der Waals surface area contributed by atoms with Gasteiger partial charge in [0.15, 0.2) is 0 Å². The molecular formula is C21H19N3O. The van der Waals surface area contributed by atoms with Gasteiger partial charge in [0.05, 0.1) is 11.4 Å². The van der Waals surface area contributed by atoms with Crippen LogP contribution in [0.1, 0.15) is 24.1 Å². The lowest BCUT2D eigenvalue weighted by Crippen LogP contribution is -2.12. The normalized spacial score (nSPS) is 12.4. The van der Waals surface area contributed by atoms with E-state index in [0.29, 0.717) is 11.2 Å². The first-order chi connectivity index (χ1) is 12.1. The number of nitrogens with one attached hydrogen (secondary N) is 1. The van der Waals surface area contributed by atoms with Gasteiger partial charge in [0.25, 0.3) is 5.56 Å². The minimum atomic E-state index is -0.0969. The first kappa shape index (κ1) is 15.4. The summed E-state index contributed by atoms with van der Waals surface area (Å²) in [4.78, 5) is 20.4. The second kappa shape index (κ2) is 6.06. The summed E-state index contributed by atoms with van der Waals surface area (Å²) in [6.07, 6.45) is 2.01. The molecule has 4 rings (SSSR count). The van der Waals surface area contributed by atoms with Gasteiger partial charge in [0.2, 0.25) is 0 Å². The smallest absolute Gasteiger partial charge is 0.260 e. The number of hydrogen-bond acceptors (Lipinski definition) is 2. The lowest BCUT2D eigenvalue weighted by atomic mass is 10.1. The Bertz CT molecular complexity index is 1080. The van der Waals surface area contributed by atoms with Crippen molar-refractivity contribution in [2.24, 2.45) is 0 Å². The first-order valence-electron chi connectivity index (χ1n) is 8.37. The Labute approximate surface area is 145 Å². The van der Waals surface area contributed by atoms with Crippen molar-refractivity contribution in [2.75, 3.05) is 0 Å². The summed E-state index contributed by atoms with van der Waals surface area (Å²) < 4.78 is 2.08. The van der Waals surface area contributed by atoms with E-state index < -0.39 is 0 Å². The Morgan fingerprint density at radius 2 is 1.64 bits per heavy atom. The third-order valence-corrected chi connectivity index (χ3v) is 4.62. The molecule has 0 saturated heterocycles. The van der Waals surface area contributed by atoms with Crippen molar-refractivity contribution in [1.82, 2.24) is 14.5 Å². The number of aryl methyl sites for hydroxylation is 1. The van der Waals surface area contributed by atoms with Crippen LogP contribution in [-0.4, -0.2) is 14.5 Å². The van der Waals surface area contributed by atoms with E-state index >= 15 is 0 Å². The minimum Gasteiger partial charge on any atom is -0.325 e. The van der Waals surface area contributed by atoms with E-state index in [1.165, 1.54) is 5.56 Å². The molecule has 0 aliphatic rings. The number of rotatable bonds is 3. The Balaban J connectivity index is 1.94. The highest BCUT2D eigenvalue weighted by molar-refractivity contribution is 5.81. The van der Waals surface area contributed by atoms with Crippen LogP contribution in [0.15, 0.2) is 71.7 Å². The van der Waals surface area contributed by atoms with Gasteiger partial charge in [-0.15, -0.1) is 0 Å². The molecule has 4 aromatic rings. The highest BCUT2D eigenvalue weighted by atomic mass is 16.1. The average Bonchev–Trinajstić information content (AvgIpc) is 2.99. The van der Waals surface area contributed by atoms with Crippen molar-refractivity contribution in [3.8, 4) is 11.4 Å². The van der Waals surface area contributed by atoms with Gasteiger partial charge in [-0.05, 0) is 25.0 Å². The van der Waals surface area contributed by atoms with Crippen molar-refractivity contribution in [2.45, 2.75) is 19.9 Å². The largest absolute Gasteiger partial charge is 0.325 e. The van der Waals surface area contributed by atoms with E-state index in [2.05, 4.69) is 28.6 Å². The van der Waals surface area contributed by atoms with Gasteiger partial charge in [0.1, 0.15) is 11.5 Å². The predicted molar refractivity (Wildman–Crippen MR) is 101 cm³/mol. The van der Waals surface area contributed by atoms with E-state index in [1.54, 1.807) is 0 Å². The van der Waals surface area contributed by atoms with Gasteiger partial charge >= 0.3 is 0 Å². The van der Waals surface area contributed by atoms with Crippen molar-refractivity contribution >= 4 is 11.0 Å². The van der Waals surface area contributed by atoms with Gasteiger partial charge in [0, 0.05) is 11.8 Å². The molecule has 0 fully saturated rings. The highest BCUT2D eigenvalue weighted by Gasteiger charge is 2.17. The SMILES string of the molecule is Cc1cn(C(C)c2ccccc2)c2nc(-c3ccccc3)[nH]c(=O)c12. The number of H-pyrrole nitrogens is 1. The summed E-state index contributed by atoms with van der Waals surface area (Å²) in [5.74, 6) is 0.595. The molecule has 0 radical (unpaired) electrons. The molecule has 2 aromatic carbocycles. The zero-order chi connectivity index (χ0) is 17.4. The van der Waals surface area contributed by atoms with Crippen LogP contribution in [0.25, 0.3) is 22.4 Å². The van der Waals surface area contributed by atoms with E-state index in [4.69, 9.17) is 4.98 Å². The number of nitrogens with zero attached hydrogens (tertiary/aromatic N) is 2. The van der Waals surface area contributed by atoms with Crippen LogP contribution in [0, 0.1) is 6.92 Å². The van der Waals surface area contributed by atoms with Crippen LogP contribution < -0.4 is 5.56 Å². The molecule has 1 N–H and O–H groups in total. The van der Waals surface area contributed by atoms with E-state index in [1.807, 2.05) is 61.7 Å². The van der Waals surface area contributed by atoms with Crippen LogP contribution in [0.3, 0.4) is 0 Å². The Hall–Kier alpha value is -3.14. The molecule has 0 amide bonds. The van der Waals surface area contributed by atoms with Crippen LogP contribution in [0.4, 0.5) is 0 Å². The van der Waals surface area contributed by atoms with Crippen LogP contribution >= 0.6 is 0 Å². The molecule has 2 aromatic heterocycles. The number of benzene rings is 2. The van der Waals surface area contributed by atoms with E-state index in [-0.39, 0.29) is 11.6 Å². The second-order valence-electron chi connectivity index (χ2n) is 6.29. The quantitative estimate of drug-likeness (QED) is 0.609. The minimum absolute atomic E-state index is 0.0929. The monoisotopic (exact) mass is 329 g/mol. The molecule has 0 bridgehead atoms. The molecule has 1 unspecified atom stereocenters. The highest BCUT2D eigenvalue weighted by Crippen LogP contribution is 2.26. The third kappa shape index (κ3) is 2.66. The van der Waals surface area contributed by atoms with E-state index in [9.17, 15) is 4.79 Å². The second-order valence-corrected chi connectivity index (χ2v) is 6.29. The molecule has 1 atom stereocenters. The maximum atomic E-state index is 12.7. The summed E-state index contributed by atoms with van der Waals surface area (Å²) in [6, 6.07) is 20.1. The lowest BCUT2D eigenvalue weighted by molar-refractivity contribution is 0.657. The molecule has 0 spiro atoms. The molecule has 4 heteroatoms. The lowest BCUT2D eigenvalue weighted by Gasteiger charge is -2.15. The summed E-state index contributed by atoms with van der Waals surface area (Å²) >= 11 is 0. The number of hydrogen-bond donors (Lipinski definition) is 1. The molecule has 0 aliphatic heterocycles. The van der Waals surface area contributed by atoms with Crippen LogP contribution in [-0.2, 0) is 0 Å². The third-order valence-electron chi connectivity index (χ3n) is 4.62. The van der Waals surface area contributed by atoms with Gasteiger partial charge in [-0.2, -0.15) is 0 Å². The summed E-state index contributed by atoms with van der Waals surface area (Å²) in [6.45, 7) is 4.08. The number of aromatic nitrogens is 3. The van der Waals surface area contributed by atoms with Crippen molar-refractivity contribution in [3.05, 3.63) is 88.3 Å². The fraction of sp³-hybridized carbons (Fsp3) is 0.143. The molecule has 0 aliphatic carbocycles. The van der Waals surface area contributed by atoms with Gasteiger partial charge < -0.3 is 9.55 Å². The molecule has 25 heavy (non-hydrogen) atoms. The summed E-state index contributed by atoms with van der Waals surface area (Å²) in [5.41, 5.74) is 3.64. The fourth-order valence-corrected chi connectivity index (χ4v) is 3.26. The van der Waals surface area contributed by atoms with Gasteiger partial charge in [-0.1, -0.05) is 60.7 Å². The zero-order valence-corrected chi connectivity index (χ0v) is 14.2.